The first-order chi connectivity index (χ1) is 7.49. The van der Waals surface area contributed by atoms with Gasteiger partial charge >= 0.3 is 0 Å². The number of piperidine rings is 1. The number of alkyl halides is 1. The number of nitrogens with zero attached hydrogens (tertiary/aromatic N) is 1. The van der Waals surface area contributed by atoms with Crippen molar-refractivity contribution in [3.05, 3.63) is 23.2 Å². The Morgan fingerprint density at radius 3 is 2.50 bits per heavy atom. The molecule has 0 radical (unpaired) electrons. The van der Waals surface area contributed by atoms with Crippen LogP contribution >= 0.6 is 23.2 Å². The lowest BCUT2D eigenvalue weighted by Crippen LogP contribution is -2.39. The number of anilines is 2. The maximum atomic E-state index is 6.31. The minimum absolute atomic E-state index is 0.0769. The maximum absolute atomic E-state index is 6.31. The Labute approximate surface area is 106 Å². The first-order valence-corrected chi connectivity index (χ1v) is 6.23. The maximum Gasteiger partial charge on any atom is 0.0789 e. The Bertz CT molecular complexity index is 360. The SMILES string of the molecule is CC1(Cl)CCN(c2c(N)cccc2Cl)CC1. The lowest BCUT2D eigenvalue weighted by Gasteiger charge is -2.37. The second-order valence-electron chi connectivity index (χ2n) is 4.58. The molecule has 16 heavy (non-hydrogen) atoms. The number of hydrogen-bond acceptors (Lipinski definition) is 2. The summed E-state index contributed by atoms with van der Waals surface area (Å²) in [5.41, 5.74) is 7.66. The average Bonchev–Trinajstić information content (AvgIpc) is 2.20. The van der Waals surface area contributed by atoms with E-state index < -0.39 is 0 Å². The van der Waals surface area contributed by atoms with Crippen molar-refractivity contribution >= 4 is 34.6 Å². The highest BCUT2D eigenvalue weighted by atomic mass is 35.5. The second kappa shape index (κ2) is 4.34. The van der Waals surface area contributed by atoms with Crippen molar-refractivity contribution < 1.29 is 0 Å². The van der Waals surface area contributed by atoms with Crippen molar-refractivity contribution in [1.82, 2.24) is 0 Å². The highest BCUT2D eigenvalue weighted by Gasteiger charge is 2.28. The molecule has 0 bridgehead atoms. The van der Waals surface area contributed by atoms with Crippen LogP contribution in [0.4, 0.5) is 11.4 Å². The molecule has 1 saturated heterocycles. The van der Waals surface area contributed by atoms with Gasteiger partial charge in [-0.05, 0) is 31.9 Å². The summed E-state index contributed by atoms with van der Waals surface area (Å²) in [5.74, 6) is 0. The van der Waals surface area contributed by atoms with E-state index in [-0.39, 0.29) is 4.87 Å². The molecule has 88 valence electrons. The molecule has 0 aromatic heterocycles. The third kappa shape index (κ3) is 2.38. The normalized spacial score (nSPS) is 19.8. The second-order valence-corrected chi connectivity index (χ2v) is 5.90. The van der Waals surface area contributed by atoms with Gasteiger partial charge in [0.15, 0.2) is 0 Å². The summed E-state index contributed by atoms with van der Waals surface area (Å²) in [6.45, 7) is 3.91. The molecule has 0 unspecified atom stereocenters. The van der Waals surface area contributed by atoms with Crippen LogP contribution in [0.15, 0.2) is 18.2 Å². The summed E-state index contributed by atoms with van der Waals surface area (Å²) < 4.78 is 0. The van der Waals surface area contributed by atoms with Crippen molar-refractivity contribution in [2.75, 3.05) is 23.7 Å². The molecule has 1 fully saturated rings. The zero-order valence-corrected chi connectivity index (χ0v) is 10.9. The first kappa shape index (κ1) is 11.9. The van der Waals surface area contributed by atoms with E-state index in [1.54, 1.807) is 0 Å². The van der Waals surface area contributed by atoms with E-state index in [0.717, 1.165) is 42.3 Å². The van der Waals surface area contributed by atoms with Crippen molar-refractivity contribution in [3.8, 4) is 0 Å². The zero-order chi connectivity index (χ0) is 11.8. The molecule has 0 amide bonds. The minimum Gasteiger partial charge on any atom is -0.397 e. The summed E-state index contributed by atoms with van der Waals surface area (Å²) in [6.07, 6.45) is 1.92. The number of halogens is 2. The van der Waals surface area contributed by atoms with Crippen LogP contribution in [0.3, 0.4) is 0 Å². The molecule has 0 aliphatic carbocycles. The lowest BCUT2D eigenvalue weighted by atomic mass is 9.97. The average molecular weight is 259 g/mol. The standard InChI is InChI=1S/C12H16Cl2N2/c1-12(14)5-7-16(8-6-12)11-9(13)3-2-4-10(11)15/h2-4H,5-8,15H2,1H3. The summed E-state index contributed by atoms with van der Waals surface area (Å²) in [6, 6.07) is 5.63. The van der Waals surface area contributed by atoms with Crippen molar-refractivity contribution in [3.63, 3.8) is 0 Å². The number of nitrogen functional groups attached to an aromatic ring is 1. The van der Waals surface area contributed by atoms with Crippen LogP contribution in [0.1, 0.15) is 19.8 Å². The van der Waals surface area contributed by atoms with Crippen LogP contribution < -0.4 is 10.6 Å². The third-order valence-corrected chi connectivity index (χ3v) is 3.82. The Hall–Kier alpha value is -0.600. The Morgan fingerprint density at radius 1 is 1.31 bits per heavy atom. The molecule has 1 heterocycles. The summed E-state index contributed by atoms with van der Waals surface area (Å²) >= 11 is 12.5. The quantitative estimate of drug-likeness (QED) is 0.617. The van der Waals surface area contributed by atoms with Gasteiger partial charge in [-0.15, -0.1) is 11.6 Å². The fraction of sp³-hybridized carbons (Fsp3) is 0.500. The Morgan fingerprint density at radius 2 is 1.94 bits per heavy atom. The molecule has 2 rings (SSSR count). The van der Waals surface area contributed by atoms with Gasteiger partial charge < -0.3 is 10.6 Å². The van der Waals surface area contributed by atoms with Gasteiger partial charge in [0.2, 0.25) is 0 Å². The van der Waals surface area contributed by atoms with E-state index >= 15 is 0 Å². The largest absolute Gasteiger partial charge is 0.397 e. The van der Waals surface area contributed by atoms with E-state index in [0.29, 0.717) is 0 Å². The smallest absolute Gasteiger partial charge is 0.0789 e. The van der Waals surface area contributed by atoms with Gasteiger partial charge in [-0.1, -0.05) is 17.7 Å². The molecule has 1 aromatic rings. The molecule has 1 aliphatic rings. The highest BCUT2D eigenvalue weighted by Crippen LogP contribution is 2.37. The van der Waals surface area contributed by atoms with Crippen LogP contribution in [0.2, 0.25) is 5.02 Å². The predicted molar refractivity (Wildman–Crippen MR) is 71.6 cm³/mol. The van der Waals surface area contributed by atoms with Gasteiger partial charge in [0.25, 0.3) is 0 Å². The zero-order valence-electron chi connectivity index (χ0n) is 9.34. The van der Waals surface area contributed by atoms with Crippen LogP contribution in [0, 0.1) is 0 Å². The summed E-state index contributed by atoms with van der Waals surface area (Å²) in [7, 11) is 0. The van der Waals surface area contributed by atoms with Crippen LogP contribution in [-0.2, 0) is 0 Å². The minimum atomic E-state index is -0.0769. The van der Waals surface area contributed by atoms with Gasteiger partial charge in [0.05, 0.1) is 16.4 Å². The Balaban J connectivity index is 2.20. The van der Waals surface area contributed by atoms with E-state index in [9.17, 15) is 0 Å². The summed E-state index contributed by atoms with van der Waals surface area (Å²) in [5, 5.41) is 0.721. The fourth-order valence-electron chi connectivity index (χ4n) is 2.06. The summed E-state index contributed by atoms with van der Waals surface area (Å²) in [4.78, 5) is 2.15. The van der Waals surface area contributed by atoms with Gasteiger partial charge in [-0.3, -0.25) is 0 Å². The fourth-order valence-corrected chi connectivity index (χ4v) is 2.53. The van der Waals surface area contributed by atoms with Gasteiger partial charge in [-0.25, -0.2) is 0 Å². The molecule has 0 spiro atoms. The number of nitrogens with two attached hydrogens (primary N) is 1. The van der Waals surface area contributed by atoms with E-state index in [1.807, 2.05) is 18.2 Å². The molecule has 2 N–H and O–H groups in total. The Kier molecular flexibility index (Phi) is 3.22. The van der Waals surface area contributed by atoms with Crippen molar-refractivity contribution in [2.45, 2.75) is 24.6 Å². The van der Waals surface area contributed by atoms with E-state index in [2.05, 4.69) is 11.8 Å². The first-order valence-electron chi connectivity index (χ1n) is 5.47. The predicted octanol–water partition coefficient (Wildman–Crippen LogP) is 3.52. The van der Waals surface area contributed by atoms with E-state index in [4.69, 9.17) is 28.9 Å². The van der Waals surface area contributed by atoms with Crippen molar-refractivity contribution in [2.24, 2.45) is 0 Å². The third-order valence-electron chi connectivity index (χ3n) is 3.14. The molecule has 0 saturated carbocycles. The molecule has 4 heteroatoms. The molecule has 1 aromatic carbocycles. The van der Waals surface area contributed by atoms with E-state index in [1.165, 1.54) is 0 Å². The molecule has 2 nitrogen and oxygen atoms in total. The molecule has 0 atom stereocenters. The van der Waals surface area contributed by atoms with Gasteiger partial charge in [0.1, 0.15) is 0 Å². The van der Waals surface area contributed by atoms with Gasteiger partial charge in [-0.2, -0.15) is 0 Å². The number of benzene rings is 1. The molecular formula is C12H16Cl2N2. The number of rotatable bonds is 1. The van der Waals surface area contributed by atoms with Crippen LogP contribution in [0.5, 0.6) is 0 Å². The van der Waals surface area contributed by atoms with Crippen LogP contribution in [0.25, 0.3) is 0 Å². The van der Waals surface area contributed by atoms with Crippen LogP contribution in [-0.4, -0.2) is 18.0 Å². The topological polar surface area (TPSA) is 29.3 Å². The molecular weight excluding hydrogens is 243 g/mol. The van der Waals surface area contributed by atoms with Crippen molar-refractivity contribution in [1.29, 1.82) is 0 Å². The van der Waals surface area contributed by atoms with Gasteiger partial charge in [0, 0.05) is 18.0 Å². The number of hydrogen-bond donors (Lipinski definition) is 1. The highest BCUT2D eigenvalue weighted by molar-refractivity contribution is 6.34. The number of para-hydroxylation sites is 1. The molecule has 1 aliphatic heterocycles. The lowest BCUT2D eigenvalue weighted by molar-refractivity contribution is 0.471. The monoisotopic (exact) mass is 258 g/mol.